The number of nitrogens with zero attached hydrogens (tertiary/aromatic N) is 4. The van der Waals surface area contributed by atoms with E-state index in [2.05, 4.69) is 34.1 Å². The lowest BCUT2D eigenvalue weighted by atomic mass is 9.80. The Balaban J connectivity index is 0.825. The Morgan fingerprint density at radius 1 is 0.952 bits per heavy atom. The van der Waals surface area contributed by atoms with Crippen LogP contribution >= 0.6 is 11.3 Å². The Bertz CT molecular complexity index is 2410. The minimum Gasteiger partial charge on any atom is -0.386 e. The molecule has 11 nitrogen and oxygen atoms in total. The lowest BCUT2D eigenvalue weighted by Gasteiger charge is -2.38. The van der Waals surface area contributed by atoms with Crippen molar-refractivity contribution in [2.45, 2.75) is 121 Å². The number of imide groups is 1. The van der Waals surface area contributed by atoms with Gasteiger partial charge in [-0.25, -0.2) is 9.97 Å². The van der Waals surface area contributed by atoms with Crippen molar-refractivity contribution < 1.29 is 37.5 Å². The summed E-state index contributed by atoms with van der Waals surface area (Å²) < 4.78 is 40.7. The maximum Gasteiger partial charge on any atom is 0.433 e. The number of thiazole rings is 1. The van der Waals surface area contributed by atoms with Gasteiger partial charge < -0.3 is 20.6 Å². The minimum atomic E-state index is -4.69. The van der Waals surface area contributed by atoms with Crippen LogP contribution in [0.1, 0.15) is 143 Å². The van der Waals surface area contributed by atoms with E-state index in [4.69, 9.17) is 4.98 Å². The molecule has 15 heteroatoms. The molecule has 3 fully saturated rings. The van der Waals surface area contributed by atoms with Gasteiger partial charge in [-0.15, -0.1) is 11.3 Å². The molecule has 1 unspecified atom stereocenters. The van der Waals surface area contributed by atoms with Gasteiger partial charge in [-0.05, 0) is 139 Å². The first-order valence-corrected chi connectivity index (χ1v) is 22.5. The molecule has 1 atom stereocenters. The normalized spacial score (nSPS) is 23.5. The Kier molecular flexibility index (Phi) is 12.2. The van der Waals surface area contributed by atoms with Gasteiger partial charge in [0, 0.05) is 41.9 Å². The molecule has 3 N–H and O–H groups in total. The lowest BCUT2D eigenvalue weighted by molar-refractivity contribution is -0.141. The summed E-state index contributed by atoms with van der Waals surface area (Å²) in [5.74, 6) is -0.136. The second kappa shape index (κ2) is 17.3. The summed E-state index contributed by atoms with van der Waals surface area (Å²) in [6.45, 7) is 8.14. The van der Waals surface area contributed by atoms with Crippen LogP contribution in [0.5, 0.6) is 0 Å². The van der Waals surface area contributed by atoms with E-state index in [1.165, 1.54) is 11.0 Å². The van der Waals surface area contributed by atoms with Crippen molar-refractivity contribution >= 4 is 50.9 Å². The number of hydrogen-bond donors (Lipinski definition) is 3. The average Bonchev–Trinajstić information content (AvgIpc) is 3.77. The largest absolute Gasteiger partial charge is 0.433 e. The number of aryl methyl sites for hydroxylation is 1. The predicted octanol–water partition coefficient (Wildman–Crippen LogP) is 8.98. The van der Waals surface area contributed by atoms with Crippen molar-refractivity contribution in [2.75, 3.05) is 18.9 Å². The maximum atomic E-state index is 13.7. The third-order valence-corrected chi connectivity index (χ3v) is 14.6. The van der Waals surface area contributed by atoms with Crippen LogP contribution in [0.15, 0.2) is 60.8 Å². The van der Waals surface area contributed by atoms with Crippen molar-refractivity contribution in [2.24, 2.45) is 11.8 Å². The molecule has 4 aromatic rings. The van der Waals surface area contributed by atoms with Crippen LogP contribution < -0.4 is 10.6 Å². The van der Waals surface area contributed by atoms with Crippen molar-refractivity contribution in [3.05, 3.63) is 99.5 Å². The number of piperidine rings is 1. The molecule has 4 aliphatic rings. The third-order valence-electron chi connectivity index (χ3n) is 13.4. The highest BCUT2D eigenvalue weighted by Gasteiger charge is 2.44. The molecule has 0 bridgehead atoms. The second-order valence-corrected chi connectivity index (χ2v) is 19.2. The van der Waals surface area contributed by atoms with Crippen LogP contribution in [0, 0.1) is 11.8 Å². The summed E-state index contributed by atoms with van der Waals surface area (Å²) in [6, 6.07) is 12.2. The van der Waals surface area contributed by atoms with E-state index >= 15 is 0 Å². The van der Waals surface area contributed by atoms with Gasteiger partial charge in [0.15, 0.2) is 0 Å². The first-order valence-electron chi connectivity index (χ1n) is 21.7. The van der Waals surface area contributed by atoms with Gasteiger partial charge in [0.25, 0.3) is 17.7 Å². The van der Waals surface area contributed by atoms with Crippen molar-refractivity contribution in [1.29, 1.82) is 0 Å². The summed E-state index contributed by atoms with van der Waals surface area (Å²) in [5.41, 5.74) is 0.756. The Morgan fingerprint density at radius 3 is 2.35 bits per heavy atom. The van der Waals surface area contributed by atoms with Crippen LogP contribution in [-0.4, -0.2) is 74.2 Å². The number of aliphatic hydroxyl groups is 1. The van der Waals surface area contributed by atoms with Gasteiger partial charge in [0.1, 0.15) is 11.4 Å². The van der Waals surface area contributed by atoms with Crippen molar-refractivity contribution in [3.63, 3.8) is 0 Å². The third kappa shape index (κ3) is 9.07. The number of carbonyl (C=O) groups excluding carboxylic acids is 4. The minimum absolute atomic E-state index is 0.147. The zero-order chi connectivity index (χ0) is 44.1. The number of amides is 4. The van der Waals surface area contributed by atoms with E-state index in [0.29, 0.717) is 63.8 Å². The molecule has 2 aliphatic carbocycles. The second-order valence-electron chi connectivity index (χ2n) is 18.2. The fraction of sp³-hybridized carbons (Fsp3) is 0.489. The van der Waals surface area contributed by atoms with E-state index in [1.807, 2.05) is 12.1 Å². The number of rotatable bonds is 11. The SMILES string of the molecule is C=C1NC(=O)CCC1N1C(=O)c2cccc(CCC3CCC(N(C)CC4CCC(c5nc6cc(C(C)(C)O)c(NC(=O)c7cccc(C(F)(F)F)n7)cc6s5)CC4)CC3)c2C1=O. The van der Waals surface area contributed by atoms with Crippen LogP contribution in [-0.2, 0) is 23.0 Å². The molecule has 2 saturated carbocycles. The number of pyridine rings is 1. The van der Waals surface area contributed by atoms with Gasteiger partial charge in [0.2, 0.25) is 5.91 Å². The smallest absolute Gasteiger partial charge is 0.386 e. The van der Waals surface area contributed by atoms with E-state index in [1.54, 1.807) is 43.4 Å². The van der Waals surface area contributed by atoms with Crippen molar-refractivity contribution in [3.8, 4) is 0 Å². The molecule has 328 valence electrons. The fourth-order valence-corrected chi connectivity index (χ4v) is 11.1. The number of halogens is 3. The number of aromatic nitrogens is 2. The molecule has 1 saturated heterocycles. The standard InChI is InChI=1S/C47H53F3N6O5S/c1-26-37(21-22-40(57)51-26)56-44(59)32-8-5-7-29(41(32)45(56)60)16-11-27-14-19-31(20-15-27)55(4)25-28-12-17-30(18-13-28)43-54-36-23-33(46(2,3)61)35(24-38(36)62-43)53-42(58)34-9-6-10-39(52-34)47(48,49)50/h5-10,23-24,27-28,30-31,37,61H,1,11-22,25H2,2-4H3,(H,51,57)(H,53,58). The maximum absolute atomic E-state index is 13.7. The van der Waals surface area contributed by atoms with Crippen LogP contribution in [0.3, 0.4) is 0 Å². The number of nitrogens with one attached hydrogen (secondary N) is 2. The highest BCUT2D eigenvalue weighted by Crippen LogP contribution is 2.42. The quantitative estimate of drug-likeness (QED) is 0.127. The Labute approximate surface area is 363 Å². The van der Waals surface area contributed by atoms with E-state index in [-0.39, 0.29) is 29.8 Å². The fourth-order valence-electron chi connectivity index (χ4n) is 9.98. The summed E-state index contributed by atoms with van der Waals surface area (Å²) in [7, 11) is 2.25. The summed E-state index contributed by atoms with van der Waals surface area (Å²) in [4.78, 5) is 64.3. The first kappa shape index (κ1) is 43.7. The van der Waals surface area contributed by atoms with Gasteiger partial charge in [-0.1, -0.05) is 24.8 Å². The molecule has 8 rings (SSSR count). The molecular formula is C47H53F3N6O5S. The van der Waals surface area contributed by atoms with E-state index in [0.717, 1.165) is 98.2 Å². The molecule has 2 aromatic heterocycles. The molecule has 62 heavy (non-hydrogen) atoms. The lowest BCUT2D eigenvalue weighted by Crippen LogP contribution is -2.48. The van der Waals surface area contributed by atoms with Crippen molar-refractivity contribution in [1.82, 2.24) is 25.1 Å². The molecule has 2 aliphatic heterocycles. The summed E-state index contributed by atoms with van der Waals surface area (Å²) >= 11 is 1.55. The topological polar surface area (TPSA) is 145 Å². The summed E-state index contributed by atoms with van der Waals surface area (Å²) in [6.07, 6.45) is 6.33. The average molecular weight is 871 g/mol. The number of fused-ring (bicyclic) bond motifs is 2. The Hall–Kier alpha value is -4.99. The molecule has 4 amide bonds. The number of benzene rings is 2. The zero-order valence-corrected chi connectivity index (χ0v) is 36.1. The predicted molar refractivity (Wildman–Crippen MR) is 231 cm³/mol. The molecular weight excluding hydrogens is 818 g/mol. The van der Waals surface area contributed by atoms with Gasteiger partial charge in [-0.2, -0.15) is 13.2 Å². The van der Waals surface area contributed by atoms with Gasteiger partial charge in [-0.3, -0.25) is 24.1 Å². The number of hydrogen-bond acceptors (Lipinski definition) is 9. The number of anilines is 1. The monoisotopic (exact) mass is 870 g/mol. The van der Waals surface area contributed by atoms with Gasteiger partial charge in [0.05, 0.1) is 38.0 Å². The zero-order valence-electron chi connectivity index (χ0n) is 35.3. The molecule has 4 heterocycles. The van der Waals surface area contributed by atoms with E-state index < -0.39 is 29.4 Å². The number of alkyl halides is 3. The van der Waals surface area contributed by atoms with Crippen LogP contribution in [0.4, 0.5) is 18.9 Å². The highest BCUT2D eigenvalue weighted by molar-refractivity contribution is 7.18. The molecule has 0 spiro atoms. The Morgan fingerprint density at radius 2 is 1.66 bits per heavy atom. The summed E-state index contributed by atoms with van der Waals surface area (Å²) in [5, 5.41) is 17.4. The van der Waals surface area contributed by atoms with Gasteiger partial charge >= 0.3 is 6.18 Å². The van der Waals surface area contributed by atoms with E-state index in [9.17, 15) is 37.5 Å². The first-order chi connectivity index (χ1) is 29.4. The number of carbonyl (C=O) groups is 4. The van der Waals surface area contributed by atoms with Crippen LogP contribution in [0.25, 0.3) is 10.2 Å². The molecule has 0 radical (unpaired) electrons. The van der Waals surface area contributed by atoms with Crippen LogP contribution in [0.2, 0.25) is 0 Å². The molecule has 2 aromatic carbocycles. The highest BCUT2D eigenvalue weighted by atomic mass is 32.1.